The third-order valence-corrected chi connectivity index (χ3v) is 4.81. The van der Waals surface area contributed by atoms with E-state index in [1.165, 1.54) is 0 Å². The number of amides is 1. The van der Waals surface area contributed by atoms with Crippen LogP contribution in [0.25, 0.3) is 0 Å². The molecule has 1 amide bonds. The number of H-pyrrole nitrogens is 1. The smallest absolute Gasteiger partial charge is 0.271 e. The molecule has 2 aliphatic heterocycles. The SMILES string of the molecule is COCCN1CCOCC2(CCCN(C(=O)c3ccn[nH]3)C2)C1. The first-order valence-electron chi connectivity index (χ1n) is 8.30. The van der Waals surface area contributed by atoms with Crippen molar-refractivity contribution in [2.75, 3.05) is 59.7 Å². The molecule has 1 aromatic rings. The molecule has 1 aromatic heterocycles. The van der Waals surface area contributed by atoms with Crippen molar-refractivity contribution in [2.24, 2.45) is 5.41 Å². The van der Waals surface area contributed by atoms with Crippen molar-refractivity contribution in [3.63, 3.8) is 0 Å². The summed E-state index contributed by atoms with van der Waals surface area (Å²) in [6.07, 6.45) is 3.73. The number of nitrogens with zero attached hydrogens (tertiary/aromatic N) is 3. The van der Waals surface area contributed by atoms with Gasteiger partial charge in [-0.05, 0) is 18.9 Å². The second kappa shape index (κ2) is 7.42. The fourth-order valence-corrected chi connectivity index (χ4v) is 3.67. The van der Waals surface area contributed by atoms with E-state index in [1.807, 2.05) is 4.90 Å². The van der Waals surface area contributed by atoms with Crippen LogP contribution in [0.15, 0.2) is 12.3 Å². The highest BCUT2D eigenvalue weighted by Crippen LogP contribution is 2.33. The molecule has 2 aliphatic rings. The second-order valence-electron chi connectivity index (χ2n) is 6.62. The van der Waals surface area contributed by atoms with Gasteiger partial charge in [-0.2, -0.15) is 5.10 Å². The molecule has 0 aromatic carbocycles. The maximum Gasteiger partial charge on any atom is 0.271 e. The topological polar surface area (TPSA) is 70.7 Å². The third kappa shape index (κ3) is 3.91. The number of methoxy groups -OCH3 is 1. The van der Waals surface area contributed by atoms with Crippen LogP contribution in [0.1, 0.15) is 23.3 Å². The minimum atomic E-state index is 0.0260. The van der Waals surface area contributed by atoms with Crippen molar-refractivity contribution in [2.45, 2.75) is 12.8 Å². The molecule has 1 spiro atoms. The summed E-state index contributed by atoms with van der Waals surface area (Å²) < 4.78 is 11.1. The van der Waals surface area contributed by atoms with Crippen LogP contribution >= 0.6 is 0 Å². The number of hydrogen-bond donors (Lipinski definition) is 1. The summed E-state index contributed by atoms with van der Waals surface area (Å²) in [5.74, 6) is 0.0364. The number of carbonyl (C=O) groups is 1. The Morgan fingerprint density at radius 2 is 2.39 bits per heavy atom. The highest BCUT2D eigenvalue weighted by atomic mass is 16.5. The highest BCUT2D eigenvalue weighted by Gasteiger charge is 2.40. The molecule has 7 heteroatoms. The van der Waals surface area contributed by atoms with Crippen molar-refractivity contribution in [3.8, 4) is 0 Å². The molecule has 0 aliphatic carbocycles. The fourth-order valence-electron chi connectivity index (χ4n) is 3.67. The van der Waals surface area contributed by atoms with E-state index in [1.54, 1.807) is 19.4 Å². The molecule has 1 atom stereocenters. The summed E-state index contributed by atoms with van der Waals surface area (Å²) in [7, 11) is 1.73. The van der Waals surface area contributed by atoms with E-state index in [-0.39, 0.29) is 11.3 Å². The molecule has 23 heavy (non-hydrogen) atoms. The van der Waals surface area contributed by atoms with E-state index < -0.39 is 0 Å². The largest absolute Gasteiger partial charge is 0.383 e. The minimum absolute atomic E-state index is 0.0260. The number of aromatic nitrogens is 2. The van der Waals surface area contributed by atoms with E-state index in [0.717, 1.165) is 65.4 Å². The van der Waals surface area contributed by atoms with Crippen LogP contribution in [0, 0.1) is 5.41 Å². The molecule has 3 rings (SSSR count). The highest BCUT2D eigenvalue weighted by molar-refractivity contribution is 5.92. The van der Waals surface area contributed by atoms with E-state index in [4.69, 9.17) is 9.47 Å². The van der Waals surface area contributed by atoms with Crippen LogP contribution in [0.4, 0.5) is 0 Å². The molecule has 2 saturated heterocycles. The zero-order valence-electron chi connectivity index (χ0n) is 13.8. The molecule has 128 valence electrons. The maximum absolute atomic E-state index is 12.6. The van der Waals surface area contributed by atoms with Crippen LogP contribution in [0.5, 0.6) is 0 Å². The zero-order chi connectivity index (χ0) is 16.1. The van der Waals surface area contributed by atoms with E-state index in [9.17, 15) is 4.79 Å². The standard InChI is InChI=1S/C16H26N4O3/c1-22-9-7-19-8-10-23-13-16(11-19)4-2-6-20(12-16)15(21)14-3-5-17-18-14/h3,5H,2,4,6-13H2,1H3,(H,17,18). The molecule has 0 bridgehead atoms. The molecule has 1 unspecified atom stereocenters. The van der Waals surface area contributed by atoms with Crippen LogP contribution in [-0.4, -0.2) is 85.6 Å². The average molecular weight is 322 g/mol. The number of piperidine rings is 1. The summed E-state index contributed by atoms with van der Waals surface area (Å²) in [6.45, 7) is 6.56. The van der Waals surface area contributed by atoms with Crippen LogP contribution in [0.2, 0.25) is 0 Å². The lowest BCUT2D eigenvalue weighted by atomic mass is 9.80. The fraction of sp³-hybridized carbons (Fsp3) is 0.750. The van der Waals surface area contributed by atoms with Gasteiger partial charge in [0, 0.05) is 51.4 Å². The van der Waals surface area contributed by atoms with Gasteiger partial charge in [0.15, 0.2) is 0 Å². The van der Waals surface area contributed by atoms with Gasteiger partial charge in [0.25, 0.3) is 5.91 Å². The van der Waals surface area contributed by atoms with E-state index >= 15 is 0 Å². The van der Waals surface area contributed by atoms with Gasteiger partial charge in [-0.25, -0.2) is 0 Å². The van der Waals surface area contributed by atoms with Gasteiger partial charge in [-0.3, -0.25) is 14.8 Å². The Hall–Kier alpha value is -1.44. The Morgan fingerprint density at radius 1 is 1.48 bits per heavy atom. The summed E-state index contributed by atoms with van der Waals surface area (Å²) in [6, 6.07) is 1.73. The predicted molar refractivity (Wildman–Crippen MR) is 85.3 cm³/mol. The van der Waals surface area contributed by atoms with Gasteiger partial charge in [0.2, 0.25) is 0 Å². The number of likely N-dealkylation sites (tertiary alicyclic amines) is 1. The first-order valence-corrected chi connectivity index (χ1v) is 8.30. The zero-order valence-corrected chi connectivity index (χ0v) is 13.8. The third-order valence-electron chi connectivity index (χ3n) is 4.81. The monoisotopic (exact) mass is 322 g/mol. The number of ether oxygens (including phenoxy) is 2. The lowest BCUT2D eigenvalue weighted by molar-refractivity contribution is 0.00597. The number of aromatic amines is 1. The summed E-state index contributed by atoms with van der Waals surface area (Å²) in [5, 5.41) is 6.66. The molecular weight excluding hydrogens is 296 g/mol. The Kier molecular flexibility index (Phi) is 5.30. The van der Waals surface area contributed by atoms with Crippen molar-refractivity contribution in [1.29, 1.82) is 0 Å². The molecule has 7 nitrogen and oxygen atoms in total. The van der Waals surface area contributed by atoms with Crippen LogP contribution in [-0.2, 0) is 9.47 Å². The van der Waals surface area contributed by atoms with Crippen molar-refractivity contribution in [1.82, 2.24) is 20.0 Å². The molecule has 2 fully saturated rings. The Balaban J connectivity index is 1.68. The Labute approximate surface area is 136 Å². The second-order valence-corrected chi connectivity index (χ2v) is 6.62. The lowest BCUT2D eigenvalue weighted by Crippen LogP contribution is -2.52. The summed E-state index contributed by atoms with van der Waals surface area (Å²) in [5.41, 5.74) is 0.589. The lowest BCUT2D eigenvalue weighted by Gasteiger charge is -2.43. The molecule has 0 saturated carbocycles. The predicted octanol–water partition coefficient (Wildman–Crippen LogP) is 0.611. The summed E-state index contributed by atoms with van der Waals surface area (Å²) in [4.78, 5) is 17.0. The van der Waals surface area contributed by atoms with Crippen molar-refractivity contribution < 1.29 is 14.3 Å². The van der Waals surface area contributed by atoms with Gasteiger partial charge in [-0.15, -0.1) is 0 Å². The van der Waals surface area contributed by atoms with Gasteiger partial charge < -0.3 is 14.4 Å². The van der Waals surface area contributed by atoms with E-state index in [0.29, 0.717) is 5.69 Å². The first-order chi connectivity index (χ1) is 11.2. The minimum Gasteiger partial charge on any atom is -0.383 e. The Bertz CT molecular complexity index is 507. The van der Waals surface area contributed by atoms with Gasteiger partial charge >= 0.3 is 0 Å². The maximum atomic E-state index is 12.6. The number of nitrogens with one attached hydrogen (secondary N) is 1. The van der Waals surface area contributed by atoms with Crippen LogP contribution in [0.3, 0.4) is 0 Å². The molecule has 3 heterocycles. The van der Waals surface area contributed by atoms with Crippen molar-refractivity contribution >= 4 is 5.91 Å². The average Bonchev–Trinajstić information content (AvgIpc) is 3.03. The Morgan fingerprint density at radius 3 is 3.17 bits per heavy atom. The summed E-state index contributed by atoms with van der Waals surface area (Å²) >= 11 is 0. The van der Waals surface area contributed by atoms with Gasteiger partial charge in [-0.1, -0.05) is 0 Å². The van der Waals surface area contributed by atoms with Crippen molar-refractivity contribution in [3.05, 3.63) is 18.0 Å². The number of hydrogen-bond acceptors (Lipinski definition) is 5. The molecule has 0 radical (unpaired) electrons. The first kappa shape index (κ1) is 16.4. The van der Waals surface area contributed by atoms with E-state index in [2.05, 4.69) is 15.1 Å². The molecule has 1 N–H and O–H groups in total. The number of carbonyl (C=O) groups excluding carboxylic acids is 1. The van der Waals surface area contributed by atoms with Crippen LogP contribution < -0.4 is 0 Å². The number of rotatable bonds is 4. The molecular formula is C16H26N4O3. The van der Waals surface area contributed by atoms with Gasteiger partial charge in [0.1, 0.15) is 5.69 Å². The quantitative estimate of drug-likeness (QED) is 0.879. The van der Waals surface area contributed by atoms with Gasteiger partial charge in [0.05, 0.1) is 19.8 Å². The normalized spacial score (nSPS) is 26.4.